The largest absolute Gasteiger partial charge is 0.293 e. The van der Waals surface area contributed by atoms with Crippen molar-refractivity contribution >= 4 is 0 Å². The number of aromatic amines is 1. The van der Waals surface area contributed by atoms with Crippen LogP contribution in [0.4, 0.5) is 0 Å². The standard InChI is InChI=1S/C10H10N4O/c15-10-5-8(7-1-2-7)13-14(10)9-6-11-3-4-12-9/h3-7,13H,1-2H2. The number of rotatable bonds is 2. The average Bonchev–Trinajstić information content (AvgIpc) is 3.04. The summed E-state index contributed by atoms with van der Waals surface area (Å²) < 4.78 is 1.43. The van der Waals surface area contributed by atoms with Crippen molar-refractivity contribution in [1.82, 2.24) is 19.7 Å². The Balaban J connectivity index is 2.08. The zero-order chi connectivity index (χ0) is 10.3. The van der Waals surface area contributed by atoms with E-state index in [4.69, 9.17) is 0 Å². The molecule has 0 aliphatic heterocycles. The molecule has 2 heterocycles. The van der Waals surface area contributed by atoms with Gasteiger partial charge in [0.1, 0.15) is 0 Å². The Morgan fingerprint density at radius 3 is 2.93 bits per heavy atom. The number of nitrogens with one attached hydrogen (secondary N) is 1. The molecule has 5 heteroatoms. The normalized spacial score (nSPS) is 15.5. The Kier molecular flexibility index (Phi) is 1.71. The van der Waals surface area contributed by atoms with Crippen molar-refractivity contribution in [2.24, 2.45) is 0 Å². The van der Waals surface area contributed by atoms with Gasteiger partial charge in [-0.15, -0.1) is 0 Å². The van der Waals surface area contributed by atoms with E-state index in [9.17, 15) is 4.79 Å². The lowest BCUT2D eigenvalue weighted by Crippen LogP contribution is -2.14. The SMILES string of the molecule is O=c1cc(C2CC2)[nH]n1-c1cnccn1. The first-order valence-electron chi connectivity index (χ1n) is 4.93. The highest BCUT2D eigenvalue weighted by atomic mass is 16.1. The molecule has 1 aliphatic carbocycles. The molecule has 0 amide bonds. The van der Waals surface area contributed by atoms with Crippen LogP contribution in [0.25, 0.3) is 5.82 Å². The predicted molar refractivity (Wildman–Crippen MR) is 54.0 cm³/mol. The van der Waals surface area contributed by atoms with E-state index in [-0.39, 0.29) is 5.56 Å². The number of hydrogen-bond acceptors (Lipinski definition) is 3. The van der Waals surface area contributed by atoms with Crippen LogP contribution in [0.2, 0.25) is 0 Å². The molecular weight excluding hydrogens is 192 g/mol. The fraction of sp³-hybridized carbons (Fsp3) is 0.300. The molecule has 2 aromatic rings. The second kappa shape index (κ2) is 3.05. The fourth-order valence-corrected chi connectivity index (χ4v) is 1.59. The monoisotopic (exact) mass is 202 g/mol. The number of aromatic nitrogens is 4. The van der Waals surface area contributed by atoms with Crippen molar-refractivity contribution in [1.29, 1.82) is 0 Å². The Bertz CT molecular complexity index is 524. The van der Waals surface area contributed by atoms with E-state index in [1.807, 2.05) is 0 Å². The second-order valence-electron chi connectivity index (χ2n) is 3.72. The lowest BCUT2D eigenvalue weighted by Gasteiger charge is -1.98. The molecule has 15 heavy (non-hydrogen) atoms. The van der Waals surface area contributed by atoms with E-state index >= 15 is 0 Å². The topological polar surface area (TPSA) is 63.6 Å². The number of H-pyrrole nitrogens is 1. The van der Waals surface area contributed by atoms with Crippen LogP contribution in [-0.2, 0) is 0 Å². The predicted octanol–water partition coefficient (Wildman–Crippen LogP) is 0.833. The van der Waals surface area contributed by atoms with Gasteiger partial charge in [-0.1, -0.05) is 0 Å². The van der Waals surface area contributed by atoms with Crippen molar-refractivity contribution in [2.75, 3.05) is 0 Å². The van der Waals surface area contributed by atoms with Gasteiger partial charge in [0.25, 0.3) is 5.56 Å². The van der Waals surface area contributed by atoms with Gasteiger partial charge in [-0.2, -0.15) is 4.68 Å². The van der Waals surface area contributed by atoms with Crippen LogP contribution in [-0.4, -0.2) is 19.7 Å². The lowest BCUT2D eigenvalue weighted by atomic mass is 10.3. The van der Waals surface area contributed by atoms with Crippen molar-refractivity contribution < 1.29 is 0 Å². The molecular formula is C10H10N4O. The molecule has 3 rings (SSSR count). The highest BCUT2D eigenvalue weighted by molar-refractivity contribution is 5.20. The van der Waals surface area contributed by atoms with Gasteiger partial charge in [-0.05, 0) is 12.8 Å². The fourth-order valence-electron chi connectivity index (χ4n) is 1.59. The van der Waals surface area contributed by atoms with E-state index < -0.39 is 0 Å². The Morgan fingerprint density at radius 1 is 1.40 bits per heavy atom. The van der Waals surface area contributed by atoms with Crippen molar-refractivity contribution in [3.8, 4) is 5.82 Å². The smallest absolute Gasteiger partial charge is 0.272 e. The van der Waals surface area contributed by atoms with E-state index in [1.165, 1.54) is 17.5 Å². The first kappa shape index (κ1) is 8.40. The summed E-state index contributed by atoms with van der Waals surface area (Å²) >= 11 is 0. The highest BCUT2D eigenvalue weighted by Gasteiger charge is 2.26. The minimum atomic E-state index is -0.0719. The maximum atomic E-state index is 11.6. The summed E-state index contributed by atoms with van der Waals surface area (Å²) in [4.78, 5) is 19.6. The third-order valence-electron chi connectivity index (χ3n) is 2.54. The summed E-state index contributed by atoms with van der Waals surface area (Å²) in [6.07, 6.45) is 7.05. The van der Waals surface area contributed by atoms with Gasteiger partial charge in [-0.3, -0.25) is 14.9 Å². The van der Waals surface area contributed by atoms with Gasteiger partial charge in [0.2, 0.25) is 0 Å². The third-order valence-corrected chi connectivity index (χ3v) is 2.54. The maximum absolute atomic E-state index is 11.6. The lowest BCUT2D eigenvalue weighted by molar-refractivity contribution is 0.786. The molecule has 0 atom stereocenters. The minimum Gasteiger partial charge on any atom is -0.293 e. The summed E-state index contributed by atoms with van der Waals surface area (Å²) in [5.74, 6) is 1.07. The first-order chi connectivity index (χ1) is 7.34. The number of hydrogen-bond donors (Lipinski definition) is 1. The van der Waals surface area contributed by atoms with E-state index in [0.717, 1.165) is 5.69 Å². The van der Waals surface area contributed by atoms with Crippen LogP contribution < -0.4 is 5.56 Å². The molecule has 0 radical (unpaired) electrons. The third kappa shape index (κ3) is 1.45. The van der Waals surface area contributed by atoms with E-state index in [1.54, 1.807) is 24.7 Å². The molecule has 1 fully saturated rings. The van der Waals surface area contributed by atoms with E-state index in [2.05, 4.69) is 15.1 Å². The Morgan fingerprint density at radius 2 is 2.27 bits per heavy atom. The summed E-state index contributed by atoms with van der Waals surface area (Å²) in [7, 11) is 0. The van der Waals surface area contributed by atoms with E-state index in [0.29, 0.717) is 11.7 Å². The molecule has 0 saturated heterocycles. The van der Waals surface area contributed by atoms with Crippen LogP contribution in [0.1, 0.15) is 24.5 Å². The Labute approximate surface area is 85.8 Å². The maximum Gasteiger partial charge on any atom is 0.272 e. The molecule has 0 bridgehead atoms. The van der Waals surface area contributed by atoms with Gasteiger partial charge >= 0.3 is 0 Å². The van der Waals surface area contributed by atoms with Gasteiger partial charge in [0.15, 0.2) is 5.82 Å². The summed E-state index contributed by atoms with van der Waals surface area (Å²) in [5.41, 5.74) is 0.933. The van der Waals surface area contributed by atoms with Crippen LogP contribution >= 0.6 is 0 Å². The molecule has 5 nitrogen and oxygen atoms in total. The quantitative estimate of drug-likeness (QED) is 0.784. The molecule has 1 N–H and O–H groups in total. The van der Waals surface area contributed by atoms with Crippen molar-refractivity contribution in [3.63, 3.8) is 0 Å². The van der Waals surface area contributed by atoms with Crippen LogP contribution in [0.15, 0.2) is 29.5 Å². The van der Waals surface area contributed by atoms with Crippen molar-refractivity contribution in [3.05, 3.63) is 40.7 Å². The summed E-state index contributed by atoms with van der Waals surface area (Å²) in [5, 5.41) is 3.06. The van der Waals surface area contributed by atoms with Gasteiger partial charge in [0, 0.05) is 30.1 Å². The Hall–Kier alpha value is -1.91. The van der Waals surface area contributed by atoms with Crippen LogP contribution in [0.5, 0.6) is 0 Å². The van der Waals surface area contributed by atoms with Crippen molar-refractivity contribution in [2.45, 2.75) is 18.8 Å². The molecule has 1 aliphatic rings. The minimum absolute atomic E-state index is 0.0719. The number of nitrogens with zero attached hydrogens (tertiary/aromatic N) is 3. The van der Waals surface area contributed by atoms with Crippen LogP contribution in [0.3, 0.4) is 0 Å². The zero-order valence-electron chi connectivity index (χ0n) is 8.05. The van der Waals surface area contributed by atoms with Gasteiger partial charge in [0.05, 0.1) is 6.20 Å². The van der Waals surface area contributed by atoms with Gasteiger partial charge in [-0.25, -0.2) is 4.98 Å². The highest BCUT2D eigenvalue weighted by Crippen LogP contribution is 2.38. The molecule has 0 unspecified atom stereocenters. The first-order valence-corrected chi connectivity index (χ1v) is 4.93. The van der Waals surface area contributed by atoms with Gasteiger partial charge < -0.3 is 0 Å². The molecule has 0 aromatic carbocycles. The molecule has 1 saturated carbocycles. The average molecular weight is 202 g/mol. The molecule has 2 aromatic heterocycles. The summed E-state index contributed by atoms with van der Waals surface area (Å²) in [6, 6.07) is 1.65. The zero-order valence-corrected chi connectivity index (χ0v) is 8.05. The summed E-state index contributed by atoms with van der Waals surface area (Å²) in [6.45, 7) is 0. The second-order valence-corrected chi connectivity index (χ2v) is 3.72. The van der Waals surface area contributed by atoms with Crippen LogP contribution in [0, 0.1) is 0 Å². The molecule has 0 spiro atoms. The molecule has 76 valence electrons.